The number of rotatable bonds is 5. The van der Waals surface area contributed by atoms with Gasteiger partial charge in [-0.1, -0.05) is 60.7 Å². The molecule has 4 heteroatoms. The minimum atomic E-state index is -3.15. The van der Waals surface area contributed by atoms with E-state index in [9.17, 15) is 13.6 Å². The summed E-state index contributed by atoms with van der Waals surface area (Å²) in [5.41, 5.74) is 0.760. The van der Waals surface area contributed by atoms with Crippen LogP contribution in [0.5, 0.6) is 0 Å². The third-order valence-corrected chi connectivity index (χ3v) is 3.09. The highest BCUT2D eigenvalue weighted by atomic mass is 19.3. The SMILES string of the molecule is CC(=O)OC/C(=C\C(F)(F)c1ccccc1)c1ccccc1. The van der Waals surface area contributed by atoms with Crippen molar-refractivity contribution in [1.82, 2.24) is 0 Å². The Morgan fingerprint density at radius 2 is 1.59 bits per heavy atom. The fraction of sp³-hybridized carbons (Fsp3) is 0.167. The Morgan fingerprint density at radius 1 is 1.05 bits per heavy atom. The summed E-state index contributed by atoms with van der Waals surface area (Å²) < 4.78 is 33.7. The van der Waals surface area contributed by atoms with Gasteiger partial charge in [-0.2, -0.15) is 8.78 Å². The number of benzene rings is 2. The quantitative estimate of drug-likeness (QED) is 0.764. The molecule has 114 valence electrons. The van der Waals surface area contributed by atoms with E-state index in [1.54, 1.807) is 48.5 Å². The summed E-state index contributed by atoms with van der Waals surface area (Å²) in [6.45, 7) is 1.06. The molecule has 2 rings (SSSR count). The molecule has 2 aromatic carbocycles. The third kappa shape index (κ3) is 4.25. The average Bonchev–Trinajstić information content (AvgIpc) is 2.53. The molecule has 0 saturated carbocycles. The summed E-state index contributed by atoms with van der Waals surface area (Å²) in [4.78, 5) is 11.0. The molecule has 0 fully saturated rings. The summed E-state index contributed by atoms with van der Waals surface area (Å²) in [6.07, 6.45) is 0.848. The highest BCUT2D eigenvalue weighted by Crippen LogP contribution is 2.32. The molecule has 0 heterocycles. The first kappa shape index (κ1) is 15.9. The monoisotopic (exact) mass is 302 g/mol. The lowest BCUT2D eigenvalue weighted by molar-refractivity contribution is -0.139. The zero-order valence-corrected chi connectivity index (χ0v) is 12.1. The van der Waals surface area contributed by atoms with Crippen LogP contribution < -0.4 is 0 Å². The van der Waals surface area contributed by atoms with E-state index in [0.717, 1.165) is 6.08 Å². The maximum absolute atomic E-state index is 14.4. The molecule has 2 aromatic rings. The van der Waals surface area contributed by atoms with Crippen LogP contribution in [0.1, 0.15) is 18.1 Å². The van der Waals surface area contributed by atoms with E-state index >= 15 is 0 Å². The number of hydrogen-bond acceptors (Lipinski definition) is 2. The molecular formula is C18H16F2O2. The van der Waals surface area contributed by atoms with Gasteiger partial charge in [-0.3, -0.25) is 4.79 Å². The Hall–Kier alpha value is -2.49. The van der Waals surface area contributed by atoms with Gasteiger partial charge in [-0.05, 0) is 17.2 Å². The van der Waals surface area contributed by atoms with Crippen molar-refractivity contribution in [3.8, 4) is 0 Å². The fourth-order valence-electron chi connectivity index (χ4n) is 2.00. The van der Waals surface area contributed by atoms with Gasteiger partial charge in [0.1, 0.15) is 6.61 Å². The lowest BCUT2D eigenvalue weighted by Gasteiger charge is -2.16. The van der Waals surface area contributed by atoms with Crippen LogP contribution in [-0.2, 0) is 15.5 Å². The predicted molar refractivity (Wildman–Crippen MR) is 81.4 cm³/mol. The molecule has 0 radical (unpaired) electrons. The van der Waals surface area contributed by atoms with Crippen LogP contribution >= 0.6 is 0 Å². The number of esters is 1. The van der Waals surface area contributed by atoms with Gasteiger partial charge < -0.3 is 4.74 Å². The summed E-state index contributed by atoms with van der Waals surface area (Å²) in [5, 5.41) is 0. The first-order chi connectivity index (χ1) is 10.5. The highest BCUT2D eigenvalue weighted by molar-refractivity contribution is 5.72. The van der Waals surface area contributed by atoms with E-state index < -0.39 is 11.9 Å². The molecule has 0 N–H and O–H groups in total. The lowest BCUT2D eigenvalue weighted by Crippen LogP contribution is -2.12. The van der Waals surface area contributed by atoms with Crippen LogP contribution in [0.4, 0.5) is 8.78 Å². The molecule has 0 aliphatic heterocycles. The second kappa shape index (κ2) is 6.98. The Bertz CT molecular complexity index is 649. The molecule has 0 unspecified atom stereocenters. The largest absolute Gasteiger partial charge is 0.461 e. The number of ether oxygens (including phenoxy) is 1. The van der Waals surface area contributed by atoms with Gasteiger partial charge in [0, 0.05) is 12.5 Å². The highest BCUT2D eigenvalue weighted by Gasteiger charge is 2.29. The van der Waals surface area contributed by atoms with Crippen molar-refractivity contribution in [2.75, 3.05) is 6.61 Å². The van der Waals surface area contributed by atoms with E-state index in [-0.39, 0.29) is 17.7 Å². The van der Waals surface area contributed by atoms with Gasteiger partial charge in [0.25, 0.3) is 5.92 Å². The molecule has 2 nitrogen and oxygen atoms in total. The summed E-state index contributed by atoms with van der Waals surface area (Å²) in [5.74, 6) is -3.66. The van der Waals surface area contributed by atoms with E-state index in [2.05, 4.69) is 0 Å². The lowest BCUT2D eigenvalue weighted by atomic mass is 10.0. The number of carbonyl (C=O) groups is 1. The second-order valence-corrected chi connectivity index (χ2v) is 4.80. The zero-order chi connectivity index (χ0) is 16.0. The Morgan fingerprint density at radius 3 is 2.14 bits per heavy atom. The van der Waals surface area contributed by atoms with E-state index in [0.29, 0.717) is 5.56 Å². The minimum Gasteiger partial charge on any atom is -0.461 e. The first-order valence-electron chi connectivity index (χ1n) is 6.83. The van der Waals surface area contributed by atoms with Crippen LogP contribution in [0.15, 0.2) is 66.7 Å². The van der Waals surface area contributed by atoms with Crippen LogP contribution in [0.25, 0.3) is 5.57 Å². The van der Waals surface area contributed by atoms with E-state index in [1.165, 1.54) is 19.1 Å². The van der Waals surface area contributed by atoms with Crippen molar-refractivity contribution in [1.29, 1.82) is 0 Å². The molecule has 0 aromatic heterocycles. The number of allylic oxidation sites excluding steroid dienone is 1. The van der Waals surface area contributed by atoms with Gasteiger partial charge in [-0.15, -0.1) is 0 Å². The second-order valence-electron chi connectivity index (χ2n) is 4.80. The Labute approximate surface area is 128 Å². The topological polar surface area (TPSA) is 26.3 Å². The fourth-order valence-corrected chi connectivity index (χ4v) is 2.00. The normalized spacial score (nSPS) is 12.0. The Kier molecular flexibility index (Phi) is 5.04. The van der Waals surface area contributed by atoms with Crippen LogP contribution in [0.2, 0.25) is 0 Å². The van der Waals surface area contributed by atoms with Gasteiger partial charge in [0.15, 0.2) is 0 Å². The van der Waals surface area contributed by atoms with Crippen molar-refractivity contribution in [3.05, 3.63) is 77.9 Å². The molecule has 0 spiro atoms. The van der Waals surface area contributed by atoms with Crippen molar-refractivity contribution >= 4 is 11.5 Å². The smallest absolute Gasteiger partial charge is 0.302 e. The third-order valence-electron chi connectivity index (χ3n) is 3.09. The van der Waals surface area contributed by atoms with Crippen LogP contribution in [0, 0.1) is 0 Å². The molecule has 22 heavy (non-hydrogen) atoms. The first-order valence-corrected chi connectivity index (χ1v) is 6.83. The van der Waals surface area contributed by atoms with Crippen LogP contribution in [0.3, 0.4) is 0 Å². The summed E-state index contributed by atoms with van der Waals surface area (Å²) >= 11 is 0. The number of halogens is 2. The molecule has 0 atom stereocenters. The van der Waals surface area contributed by atoms with Crippen molar-refractivity contribution in [3.63, 3.8) is 0 Å². The standard InChI is InChI=1S/C18H16F2O2/c1-14(21)22-13-16(15-8-4-2-5-9-15)12-18(19,20)17-10-6-3-7-11-17/h2-12H,13H2,1H3/b16-12+. The minimum absolute atomic E-state index is 0.105. The van der Waals surface area contributed by atoms with Crippen LogP contribution in [-0.4, -0.2) is 12.6 Å². The molecule has 0 aliphatic carbocycles. The molecule has 0 amide bonds. The maximum atomic E-state index is 14.4. The van der Waals surface area contributed by atoms with E-state index in [1.807, 2.05) is 0 Å². The maximum Gasteiger partial charge on any atom is 0.302 e. The van der Waals surface area contributed by atoms with E-state index in [4.69, 9.17) is 4.74 Å². The molecule has 0 bridgehead atoms. The number of carbonyl (C=O) groups excluding carboxylic acids is 1. The van der Waals surface area contributed by atoms with Gasteiger partial charge >= 0.3 is 5.97 Å². The van der Waals surface area contributed by atoms with Crippen molar-refractivity contribution in [2.24, 2.45) is 0 Å². The number of alkyl halides is 2. The van der Waals surface area contributed by atoms with Gasteiger partial charge in [0.2, 0.25) is 0 Å². The molecular weight excluding hydrogens is 286 g/mol. The number of hydrogen-bond donors (Lipinski definition) is 0. The zero-order valence-electron chi connectivity index (χ0n) is 12.1. The van der Waals surface area contributed by atoms with Crippen molar-refractivity contribution in [2.45, 2.75) is 12.8 Å². The Balaban J connectivity index is 2.37. The van der Waals surface area contributed by atoms with Gasteiger partial charge in [-0.25, -0.2) is 0 Å². The molecule has 0 aliphatic rings. The average molecular weight is 302 g/mol. The summed E-state index contributed by atoms with van der Waals surface area (Å²) in [6, 6.07) is 16.2. The summed E-state index contributed by atoms with van der Waals surface area (Å²) in [7, 11) is 0. The molecule has 0 saturated heterocycles. The van der Waals surface area contributed by atoms with Gasteiger partial charge in [0.05, 0.1) is 0 Å². The van der Waals surface area contributed by atoms with Crippen molar-refractivity contribution < 1.29 is 18.3 Å². The predicted octanol–water partition coefficient (Wildman–Crippen LogP) is 4.43.